The van der Waals surface area contributed by atoms with Gasteiger partial charge in [0.25, 0.3) is 0 Å². The summed E-state index contributed by atoms with van der Waals surface area (Å²) in [6.45, 7) is 5.88. The molecule has 0 aliphatic carbocycles. The van der Waals surface area contributed by atoms with Crippen molar-refractivity contribution < 1.29 is 4.79 Å². The lowest BCUT2D eigenvalue weighted by atomic mass is 10.1. The highest BCUT2D eigenvalue weighted by Crippen LogP contribution is 2.06. The topological polar surface area (TPSA) is 59.8 Å². The Morgan fingerprint density at radius 1 is 1.53 bits per heavy atom. The molecule has 1 aromatic rings. The van der Waals surface area contributed by atoms with Crippen molar-refractivity contribution in [3.05, 3.63) is 12.2 Å². The number of carbonyl (C=O) groups excluding carboxylic acids is 1. The van der Waals surface area contributed by atoms with Crippen LogP contribution in [0, 0.1) is 0 Å². The molecule has 0 aliphatic rings. The predicted molar refractivity (Wildman–Crippen MR) is 57.6 cm³/mol. The molecule has 0 fully saturated rings. The Balaban J connectivity index is 2.72. The Morgan fingerprint density at radius 3 is 2.73 bits per heavy atom. The molecule has 0 radical (unpaired) electrons. The second kappa shape index (κ2) is 5.02. The minimum atomic E-state index is -0.137. The molecule has 0 spiro atoms. The van der Waals surface area contributed by atoms with Gasteiger partial charge in [0, 0.05) is 6.04 Å². The summed E-state index contributed by atoms with van der Waals surface area (Å²) in [5.41, 5.74) is 0. The fourth-order valence-corrected chi connectivity index (χ4v) is 1.30. The maximum absolute atomic E-state index is 11.7. The van der Waals surface area contributed by atoms with Crippen molar-refractivity contribution in [3.63, 3.8) is 0 Å². The van der Waals surface area contributed by atoms with Gasteiger partial charge in [-0.25, -0.2) is 9.67 Å². The van der Waals surface area contributed by atoms with Gasteiger partial charge in [0.05, 0.1) is 12.5 Å². The molecule has 5 heteroatoms. The summed E-state index contributed by atoms with van der Waals surface area (Å²) in [5.74, 6) is 0.865. The molecule has 5 nitrogen and oxygen atoms in total. The van der Waals surface area contributed by atoms with E-state index < -0.39 is 0 Å². The van der Waals surface area contributed by atoms with Crippen LogP contribution >= 0.6 is 0 Å². The maximum Gasteiger partial charge on any atom is 0.156 e. The van der Waals surface area contributed by atoms with Crippen molar-refractivity contribution >= 4 is 5.78 Å². The molecule has 0 amide bonds. The molecule has 0 saturated carbocycles. The zero-order valence-electron chi connectivity index (χ0n) is 9.69. The standard InChI is InChI=1S/C10H18N4O/c1-7(2)14-10(12-6-13-14)5-9(15)8(3)11-4/h6-8,11H,5H2,1-4H3. The summed E-state index contributed by atoms with van der Waals surface area (Å²) in [6, 6.07) is 0.0995. The Labute approximate surface area is 89.9 Å². The van der Waals surface area contributed by atoms with Gasteiger partial charge < -0.3 is 5.32 Å². The Morgan fingerprint density at radius 2 is 2.20 bits per heavy atom. The van der Waals surface area contributed by atoms with Crippen molar-refractivity contribution in [2.45, 2.75) is 39.3 Å². The van der Waals surface area contributed by atoms with Crippen molar-refractivity contribution in [3.8, 4) is 0 Å². The number of nitrogens with one attached hydrogen (secondary N) is 1. The smallest absolute Gasteiger partial charge is 0.156 e. The van der Waals surface area contributed by atoms with Crippen LogP contribution in [0.25, 0.3) is 0 Å². The first-order valence-electron chi connectivity index (χ1n) is 5.14. The molecule has 0 bridgehead atoms. The molecule has 15 heavy (non-hydrogen) atoms. The van der Waals surface area contributed by atoms with E-state index in [9.17, 15) is 4.79 Å². The molecule has 1 rings (SSSR count). The summed E-state index contributed by atoms with van der Waals surface area (Å²) in [4.78, 5) is 15.8. The third-order valence-electron chi connectivity index (χ3n) is 2.38. The molecular formula is C10H18N4O. The Kier molecular flexibility index (Phi) is 3.96. The van der Waals surface area contributed by atoms with E-state index in [4.69, 9.17) is 0 Å². The maximum atomic E-state index is 11.7. The Bertz CT molecular complexity index is 332. The second-order valence-corrected chi connectivity index (χ2v) is 3.87. The van der Waals surface area contributed by atoms with E-state index in [1.807, 2.05) is 20.8 Å². The quantitative estimate of drug-likeness (QED) is 0.772. The van der Waals surface area contributed by atoms with E-state index in [0.29, 0.717) is 6.42 Å². The van der Waals surface area contributed by atoms with Crippen molar-refractivity contribution in [1.82, 2.24) is 20.1 Å². The van der Waals surface area contributed by atoms with Gasteiger partial charge in [-0.2, -0.15) is 5.10 Å². The number of aromatic nitrogens is 3. The Hall–Kier alpha value is -1.23. The van der Waals surface area contributed by atoms with Crippen LogP contribution in [0.3, 0.4) is 0 Å². The van der Waals surface area contributed by atoms with Gasteiger partial charge in [-0.05, 0) is 27.8 Å². The van der Waals surface area contributed by atoms with Gasteiger partial charge >= 0.3 is 0 Å². The van der Waals surface area contributed by atoms with Crippen LogP contribution in [-0.2, 0) is 11.2 Å². The summed E-state index contributed by atoms with van der Waals surface area (Å²) >= 11 is 0. The summed E-state index contributed by atoms with van der Waals surface area (Å²) in [5, 5.41) is 7.01. The number of likely N-dealkylation sites (N-methyl/N-ethyl adjacent to an activating group) is 1. The normalized spacial score (nSPS) is 13.1. The van der Waals surface area contributed by atoms with Crippen molar-refractivity contribution in [2.24, 2.45) is 0 Å². The van der Waals surface area contributed by atoms with Gasteiger partial charge in [0.2, 0.25) is 0 Å². The van der Waals surface area contributed by atoms with Crippen LogP contribution in [0.1, 0.15) is 32.6 Å². The predicted octanol–water partition coefficient (Wildman–Crippen LogP) is 0.578. The van der Waals surface area contributed by atoms with Crippen LogP contribution in [0.5, 0.6) is 0 Å². The molecule has 0 aromatic carbocycles. The van der Waals surface area contributed by atoms with Gasteiger partial charge in [0.1, 0.15) is 12.2 Å². The third kappa shape index (κ3) is 2.86. The van der Waals surface area contributed by atoms with E-state index in [1.165, 1.54) is 6.33 Å². The van der Waals surface area contributed by atoms with Crippen LogP contribution in [0.2, 0.25) is 0 Å². The van der Waals surface area contributed by atoms with Crippen LogP contribution in [0.15, 0.2) is 6.33 Å². The number of hydrogen-bond acceptors (Lipinski definition) is 4. The molecule has 1 heterocycles. The molecule has 84 valence electrons. The van der Waals surface area contributed by atoms with Gasteiger partial charge in [-0.1, -0.05) is 0 Å². The van der Waals surface area contributed by atoms with Crippen LogP contribution in [-0.4, -0.2) is 33.6 Å². The molecular weight excluding hydrogens is 192 g/mol. The third-order valence-corrected chi connectivity index (χ3v) is 2.38. The van der Waals surface area contributed by atoms with Crippen LogP contribution < -0.4 is 5.32 Å². The highest BCUT2D eigenvalue weighted by Gasteiger charge is 2.15. The fourth-order valence-electron chi connectivity index (χ4n) is 1.30. The average Bonchev–Trinajstić information content (AvgIpc) is 2.64. The lowest BCUT2D eigenvalue weighted by Crippen LogP contribution is -2.32. The number of nitrogens with zero attached hydrogens (tertiary/aromatic N) is 3. The minimum absolute atomic E-state index is 0.132. The first-order valence-corrected chi connectivity index (χ1v) is 5.14. The molecule has 0 aliphatic heterocycles. The number of ketones is 1. The van der Waals surface area contributed by atoms with E-state index in [-0.39, 0.29) is 17.9 Å². The van der Waals surface area contributed by atoms with Gasteiger partial charge in [-0.15, -0.1) is 0 Å². The highest BCUT2D eigenvalue weighted by molar-refractivity contribution is 5.85. The van der Waals surface area contributed by atoms with E-state index in [2.05, 4.69) is 15.4 Å². The lowest BCUT2D eigenvalue weighted by molar-refractivity contribution is -0.120. The van der Waals surface area contributed by atoms with E-state index in [0.717, 1.165) is 5.82 Å². The number of Topliss-reactive ketones (excluding diaryl/α,β-unsaturated/α-hetero) is 1. The number of rotatable bonds is 5. The van der Waals surface area contributed by atoms with E-state index >= 15 is 0 Å². The van der Waals surface area contributed by atoms with Crippen molar-refractivity contribution in [1.29, 1.82) is 0 Å². The molecule has 1 atom stereocenters. The highest BCUT2D eigenvalue weighted by atomic mass is 16.1. The van der Waals surface area contributed by atoms with E-state index in [1.54, 1.807) is 11.7 Å². The summed E-state index contributed by atoms with van der Waals surface area (Å²) < 4.78 is 1.78. The lowest BCUT2D eigenvalue weighted by Gasteiger charge is -2.11. The monoisotopic (exact) mass is 210 g/mol. The summed E-state index contributed by atoms with van der Waals surface area (Å²) in [6.07, 6.45) is 1.83. The molecule has 1 unspecified atom stereocenters. The second-order valence-electron chi connectivity index (χ2n) is 3.87. The van der Waals surface area contributed by atoms with Crippen molar-refractivity contribution in [2.75, 3.05) is 7.05 Å². The number of hydrogen-bond donors (Lipinski definition) is 1. The van der Waals surface area contributed by atoms with Gasteiger partial charge in [-0.3, -0.25) is 4.79 Å². The van der Waals surface area contributed by atoms with Gasteiger partial charge in [0.15, 0.2) is 5.78 Å². The molecule has 0 saturated heterocycles. The fraction of sp³-hybridized carbons (Fsp3) is 0.700. The minimum Gasteiger partial charge on any atom is -0.311 e. The SMILES string of the molecule is CNC(C)C(=O)Cc1ncnn1C(C)C. The zero-order chi connectivity index (χ0) is 11.4. The first-order chi connectivity index (χ1) is 7.06. The zero-order valence-corrected chi connectivity index (χ0v) is 9.69. The molecule has 1 N–H and O–H groups in total. The molecule has 1 aromatic heterocycles. The largest absolute Gasteiger partial charge is 0.311 e. The first kappa shape index (κ1) is 11.8. The number of carbonyl (C=O) groups is 1. The average molecular weight is 210 g/mol. The summed E-state index contributed by atoms with van der Waals surface area (Å²) in [7, 11) is 1.77. The van der Waals surface area contributed by atoms with Crippen LogP contribution in [0.4, 0.5) is 0 Å².